The van der Waals surface area contributed by atoms with Crippen molar-refractivity contribution in [3.63, 3.8) is 0 Å². The minimum Gasteiger partial charge on any atom is -0.489 e. The molecule has 1 unspecified atom stereocenters. The lowest BCUT2D eigenvalue weighted by molar-refractivity contribution is -0.150. The van der Waals surface area contributed by atoms with Crippen LogP contribution in [0.15, 0.2) is 78.9 Å². The molecule has 3 aromatic rings. The average Bonchev–Trinajstić information content (AvgIpc) is 3.25. The second-order valence-electron chi connectivity index (χ2n) is 8.06. The summed E-state index contributed by atoms with van der Waals surface area (Å²) >= 11 is 0. The molecular weight excluding hydrogens is 424 g/mol. The zero-order valence-corrected chi connectivity index (χ0v) is 19.2. The van der Waals surface area contributed by atoms with Crippen molar-refractivity contribution >= 4 is 9.84 Å². The SMILES string of the molecule is CC(c1ccccc1OCc1ccccc1)S(=O)(=O)Cc1ccccc1C1(C)OCCO1. The summed E-state index contributed by atoms with van der Waals surface area (Å²) in [6.07, 6.45) is 0. The van der Waals surface area contributed by atoms with Gasteiger partial charge in [-0.15, -0.1) is 0 Å². The van der Waals surface area contributed by atoms with Gasteiger partial charge in [0.25, 0.3) is 0 Å². The van der Waals surface area contributed by atoms with Gasteiger partial charge in [-0.1, -0.05) is 72.8 Å². The number of para-hydroxylation sites is 1. The van der Waals surface area contributed by atoms with Gasteiger partial charge >= 0.3 is 0 Å². The molecular formula is C26H28O5S. The first-order chi connectivity index (χ1) is 15.4. The maximum Gasteiger partial charge on any atom is 0.192 e. The molecule has 32 heavy (non-hydrogen) atoms. The van der Waals surface area contributed by atoms with E-state index in [1.165, 1.54) is 0 Å². The third-order valence-electron chi connectivity index (χ3n) is 5.83. The highest BCUT2D eigenvalue weighted by Gasteiger charge is 2.36. The van der Waals surface area contributed by atoms with Gasteiger partial charge in [0.05, 0.1) is 24.2 Å². The molecule has 1 aliphatic rings. The Kier molecular flexibility index (Phi) is 6.65. The normalized spacial score (nSPS) is 16.6. The summed E-state index contributed by atoms with van der Waals surface area (Å²) in [5.74, 6) is -0.457. The van der Waals surface area contributed by atoms with E-state index in [1.54, 1.807) is 6.92 Å². The Morgan fingerprint density at radius 2 is 1.53 bits per heavy atom. The van der Waals surface area contributed by atoms with Crippen LogP contribution in [0.4, 0.5) is 0 Å². The number of hydrogen-bond donors (Lipinski definition) is 0. The van der Waals surface area contributed by atoms with Crippen LogP contribution in [0.5, 0.6) is 5.75 Å². The predicted octanol–water partition coefficient (Wildman–Crippen LogP) is 5.16. The minimum atomic E-state index is -3.54. The molecule has 1 heterocycles. The van der Waals surface area contributed by atoms with Gasteiger partial charge in [0.2, 0.25) is 0 Å². The van der Waals surface area contributed by atoms with E-state index in [0.717, 1.165) is 11.1 Å². The zero-order chi connectivity index (χ0) is 22.6. The van der Waals surface area contributed by atoms with Crippen molar-refractivity contribution in [1.82, 2.24) is 0 Å². The Morgan fingerprint density at radius 1 is 0.906 bits per heavy atom. The Morgan fingerprint density at radius 3 is 2.28 bits per heavy atom. The number of ether oxygens (including phenoxy) is 3. The van der Waals surface area contributed by atoms with E-state index >= 15 is 0 Å². The molecule has 0 spiro atoms. The first kappa shape index (κ1) is 22.5. The second kappa shape index (κ2) is 9.45. The predicted molar refractivity (Wildman–Crippen MR) is 124 cm³/mol. The Bertz CT molecular complexity index is 1150. The fourth-order valence-corrected chi connectivity index (χ4v) is 5.49. The van der Waals surface area contributed by atoms with Crippen molar-refractivity contribution in [3.8, 4) is 5.75 Å². The van der Waals surface area contributed by atoms with Crippen molar-refractivity contribution in [3.05, 3.63) is 101 Å². The van der Waals surface area contributed by atoms with E-state index in [0.29, 0.717) is 36.7 Å². The fraction of sp³-hybridized carbons (Fsp3) is 0.308. The van der Waals surface area contributed by atoms with Crippen LogP contribution < -0.4 is 4.74 Å². The first-order valence-electron chi connectivity index (χ1n) is 10.7. The fourth-order valence-electron chi connectivity index (χ4n) is 3.98. The summed E-state index contributed by atoms with van der Waals surface area (Å²) in [4.78, 5) is 0. The van der Waals surface area contributed by atoms with Gasteiger partial charge in [-0.2, -0.15) is 0 Å². The Hall–Kier alpha value is -2.67. The third-order valence-corrected chi connectivity index (χ3v) is 7.88. The summed E-state index contributed by atoms with van der Waals surface area (Å²) in [5.41, 5.74) is 3.12. The summed E-state index contributed by atoms with van der Waals surface area (Å²) < 4.78 is 44.5. The molecule has 0 aliphatic carbocycles. The van der Waals surface area contributed by atoms with E-state index in [-0.39, 0.29) is 5.75 Å². The van der Waals surface area contributed by atoms with E-state index in [1.807, 2.05) is 85.8 Å². The molecule has 168 valence electrons. The highest BCUT2D eigenvalue weighted by Crippen LogP contribution is 2.37. The molecule has 1 saturated heterocycles. The lowest BCUT2D eigenvalue weighted by atomic mass is 10.0. The molecule has 4 rings (SSSR count). The zero-order valence-electron chi connectivity index (χ0n) is 18.4. The van der Waals surface area contributed by atoms with Crippen molar-refractivity contribution < 1.29 is 22.6 Å². The molecule has 0 radical (unpaired) electrons. The quantitative estimate of drug-likeness (QED) is 0.472. The van der Waals surface area contributed by atoms with Crippen molar-refractivity contribution in [2.24, 2.45) is 0 Å². The summed E-state index contributed by atoms with van der Waals surface area (Å²) in [6, 6.07) is 24.6. The Labute approximate surface area is 189 Å². The highest BCUT2D eigenvalue weighted by atomic mass is 32.2. The van der Waals surface area contributed by atoms with Crippen LogP contribution in [0.25, 0.3) is 0 Å². The molecule has 1 aliphatic heterocycles. The van der Waals surface area contributed by atoms with Crippen molar-refractivity contribution in [1.29, 1.82) is 0 Å². The largest absolute Gasteiger partial charge is 0.489 e. The second-order valence-corrected chi connectivity index (χ2v) is 10.4. The van der Waals surface area contributed by atoms with Gasteiger partial charge in [0.1, 0.15) is 12.4 Å². The van der Waals surface area contributed by atoms with Gasteiger partial charge in [0, 0.05) is 11.1 Å². The van der Waals surface area contributed by atoms with Gasteiger partial charge in [-0.25, -0.2) is 8.42 Å². The summed E-state index contributed by atoms with van der Waals surface area (Å²) in [6.45, 7) is 4.90. The molecule has 5 nitrogen and oxygen atoms in total. The van der Waals surface area contributed by atoms with E-state index in [2.05, 4.69) is 0 Å². The number of benzene rings is 3. The lowest BCUT2D eigenvalue weighted by Crippen LogP contribution is -2.25. The molecule has 0 amide bonds. The molecule has 0 N–H and O–H groups in total. The van der Waals surface area contributed by atoms with Gasteiger partial charge in [-0.05, 0) is 31.0 Å². The van der Waals surface area contributed by atoms with Crippen LogP contribution in [0, 0.1) is 0 Å². The molecule has 0 bridgehead atoms. The van der Waals surface area contributed by atoms with Gasteiger partial charge in [-0.3, -0.25) is 0 Å². The summed E-state index contributed by atoms with van der Waals surface area (Å²) in [5, 5.41) is -0.735. The van der Waals surface area contributed by atoms with Crippen LogP contribution in [0.1, 0.15) is 41.4 Å². The first-order valence-corrected chi connectivity index (χ1v) is 12.4. The number of sulfone groups is 1. The van der Waals surface area contributed by atoms with Gasteiger partial charge in [0.15, 0.2) is 15.6 Å². The minimum absolute atomic E-state index is 0.111. The molecule has 1 atom stereocenters. The highest BCUT2D eigenvalue weighted by molar-refractivity contribution is 7.90. The van der Waals surface area contributed by atoms with Crippen LogP contribution in [0.2, 0.25) is 0 Å². The topological polar surface area (TPSA) is 61.8 Å². The lowest BCUT2D eigenvalue weighted by Gasteiger charge is -2.26. The van der Waals surface area contributed by atoms with Crippen LogP contribution in [-0.4, -0.2) is 21.6 Å². The van der Waals surface area contributed by atoms with Crippen LogP contribution in [0.3, 0.4) is 0 Å². The third kappa shape index (κ3) is 4.88. The molecule has 0 aromatic heterocycles. The van der Waals surface area contributed by atoms with E-state index in [9.17, 15) is 8.42 Å². The standard InChI is InChI=1S/C26H28O5S/c1-20(23-13-7-9-15-25(23)29-18-21-10-4-3-5-11-21)32(27,28)19-22-12-6-8-14-24(22)26(2)30-16-17-31-26/h3-15,20H,16-19H2,1-2H3. The monoisotopic (exact) mass is 452 g/mol. The summed E-state index contributed by atoms with van der Waals surface area (Å²) in [7, 11) is -3.54. The maximum atomic E-state index is 13.5. The molecule has 3 aromatic carbocycles. The van der Waals surface area contributed by atoms with E-state index < -0.39 is 20.9 Å². The smallest absolute Gasteiger partial charge is 0.192 e. The maximum absolute atomic E-state index is 13.5. The van der Waals surface area contributed by atoms with Crippen molar-refractivity contribution in [2.75, 3.05) is 13.2 Å². The molecule has 1 fully saturated rings. The number of hydrogen-bond acceptors (Lipinski definition) is 5. The average molecular weight is 453 g/mol. The van der Waals surface area contributed by atoms with Gasteiger partial charge < -0.3 is 14.2 Å². The number of rotatable bonds is 8. The molecule has 6 heteroatoms. The molecule has 0 saturated carbocycles. The Balaban J connectivity index is 1.57. The van der Waals surface area contributed by atoms with E-state index in [4.69, 9.17) is 14.2 Å². The van der Waals surface area contributed by atoms with Crippen molar-refractivity contribution in [2.45, 2.75) is 37.2 Å². The van der Waals surface area contributed by atoms with Crippen LogP contribution in [-0.2, 0) is 37.5 Å². The van der Waals surface area contributed by atoms with Crippen LogP contribution >= 0.6 is 0 Å².